The van der Waals surface area contributed by atoms with E-state index in [9.17, 15) is 15.0 Å². The van der Waals surface area contributed by atoms with E-state index in [1.165, 1.54) is 4.57 Å². The van der Waals surface area contributed by atoms with Crippen molar-refractivity contribution in [3.05, 3.63) is 63.5 Å². The first-order valence-corrected chi connectivity index (χ1v) is 9.00. The maximum absolute atomic E-state index is 11.8. The molecule has 2 bridgehead atoms. The number of H-pyrrole nitrogens is 1. The molecule has 2 aromatic heterocycles. The summed E-state index contributed by atoms with van der Waals surface area (Å²) in [5.74, 6) is 0.652. The van der Waals surface area contributed by atoms with Crippen molar-refractivity contribution in [2.75, 3.05) is 0 Å². The summed E-state index contributed by atoms with van der Waals surface area (Å²) in [4.78, 5) is 14.6. The highest BCUT2D eigenvalue weighted by Gasteiger charge is 2.64. The molecule has 130 valence electrons. The van der Waals surface area contributed by atoms with Gasteiger partial charge in [0.2, 0.25) is 17.3 Å². The van der Waals surface area contributed by atoms with Crippen LogP contribution in [0, 0.1) is 12.3 Å². The quantitative estimate of drug-likeness (QED) is 0.590. The topological polar surface area (TPSA) is 78.2 Å². The predicted octanol–water partition coefficient (Wildman–Crippen LogP) is 3.57. The highest BCUT2D eigenvalue weighted by atomic mass is 16.3. The summed E-state index contributed by atoms with van der Waals surface area (Å²) >= 11 is 0. The van der Waals surface area contributed by atoms with Crippen molar-refractivity contribution in [2.45, 2.75) is 31.6 Å². The van der Waals surface area contributed by atoms with Crippen molar-refractivity contribution in [3.8, 4) is 17.4 Å². The van der Waals surface area contributed by atoms with Gasteiger partial charge in [-0.1, -0.05) is 18.2 Å². The minimum Gasteiger partial charge on any atom is -0.494 e. The smallest absolute Gasteiger partial charge is 0.248 e. The van der Waals surface area contributed by atoms with Gasteiger partial charge in [0, 0.05) is 34.4 Å². The molecule has 6 rings (SSSR count). The van der Waals surface area contributed by atoms with Crippen LogP contribution in [-0.2, 0) is 0 Å². The fraction of sp³-hybridized carbons (Fsp3) is 0.286. The third-order valence-corrected chi connectivity index (χ3v) is 6.67. The Balaban J connectivity index is 1.58. The first kappa shape index (κ1) is 14.2. The minimum atomic E-state index is -0.159. The molecule has 26 heavy (non-hydrogen) atoms. The fourth-order valence-corrected chi connectivity index (χ4v) is 5.33. The van der Waals surface area contributed by atoms with Gasteiger partial charge < -0.3 is 15.2 Å². The average Bonchev–Trinajstić information content (AvgIpc) is 3.19. The van der Waals surface area contributed by atoms with Gasteiger partial charge in [-0.05, 0) is 42.9 Å². The van der Waals surface area contributed by atoms with E-state index in [1.807, 2.05) is 19.1 Å². The Kier molecular flexibility index (Phi) is 2.32. The lowest BCUT2D eigenvalue weighted by atomic mass is 9.90. The molecule has 5 nitrogen and oxygen atoms in total. The molecular formula is C21H18N2O3. The average molecular weight is 346 g/mol. The van der Waals surface area contributed by atoms with E-state index < -0.39 is 0 Å². The number of fused-ring (bicyclic) bond motifs is 4. The molecular weight excluding hydrogens is 328 g/mol. The molecule has 2 atom stereocenters. The van der Waals surface area contributed by atoms with Gasteiger partial charge in [-0.25, -0.2) is 0 Å². The molecule has 3 aromatic rings. The summed E-state index contributed by atoms with van der Waals surface area (Å²) in [5.41, 5.74) is 4.05. The van der Waals surface area contributed by atoms with Crippen molar-refractivity contribution in [1.82, 2.24) is 9.55 Å². The van der Waals surface area contributed by atoms with E-state index in [1.54, 1.807) is 12.1 Å². The molecule has 0 aliphatic heterocycles. The van der Waals surface area contributed by atoms with Gasteiger partial charge in [-0.3, -0.25) is 9.36 Å². The van der Waals surface area contributed by atoms with Crippen LogP contribution in [0.2, 0.25) is 0 Å². The lowest BCUT2D eigenvalue weighted by Gasteiger charge is -2.17. The SMILES string of the molecule is Cc1cc(=O)[nH]c2cc(-n3c(O)c4c(c3O)C3C=CC4C34CC4)ccc12. The summed E-state index contributed by atoms with van der Waals surface area (Å²) in [6.45, 7) is 1.90. The third-order valence-electron chi connectivity index (χ3n) is 6.67. The van der Waals surface area contributed by atoms with E-state index in [4.69, 9.17) is 0 Å². The molecule has 2 unspecified atom stereocenters. The molecule has 0 amide bonds. The molecule has 1 spiro atoms. The zero-order valence-corrected chi connectivity index (χ0v) is 14.3. The number of allylic oxidation sites excluding steroid dienone is 2. The number of aromatic nitrogens is 2. The van der Waals surface area contributed by atoms with E-state index in [2.05, 4.69) is 17.1 Å². The van der Waals surface area contributed by atoms with Crippen LogP contribution in [0.3, 0.4) is 0 Å². The zero-order valence-electron chi connectivity index (χ0n) is 14.3. The zero-order chi connectivity index (χ0) is 17.8. The molecule has 1 saturated carbocycles. The second-order valence-corrected chi connectivity index (χ2v) is 7.93. The van der Waals surface area contributed by atoms with Crippen molar-refractivity contribution in [2.24, 2.45) is 5.41 Å². The number of aryl methyl sites for hydroxylation is 1. The molecule has 1 aromatic carbocycles. The first-order chi connectivity index (χ1) is 12.5. The summed E-state index contributed by atoms with van der Waals surface area (Å²) < 4.78 is 1.51. The van der Waals surface area contributed by atoms with Crippen molar-refractivity contribution in [3.63, 3.8) is 0 Å². The molecule has 0 saturated heterocycles. The van der Waals surface area contributed by atoms with Gasteiger partial charge in [0.25, 0.3) is 0 Å². The van der Waals surface area contributed by atoms with Gasteiger partial charge in [0.05, 0.1) is 11.2 Å². The molecule has 3 aliphatic rings. The fourth-order valence-electron chi connectivity index (χ4n) is 5.33. The number of nitrogens with zero attached hydrogens (tertiary/aromatic N) is 1. The predicted molar refractivity (Wildman–Crippen MR) is 98.3 cm³/mol. The Bertz CT molecular complexity index is 1170. The number of nitrogens with one attached hydrogen (secondary N) is 1. The van der Waals surface area contributed by atoms with Crippen LogP contribution in [0.5, 0.6) is 11.8 Å². The lowest BCUT2D eigenvalue weighted by Crippen LogP contribution is -2.07. The molecule has 3 aliphatic carbocycles. The van der Waals surface area contributed by atoms with Crippen molar-refractivity contribution < 1.29 is 10.2 Å². The number of pyridine rings is 1. The number of benzene rings is 1. The second kappa shape index (κ2) is 4.23. The highest BCUT2D eigenvalue weighted by molar-refractivity contribution is 5.84. The van der Waals surface area contributed by atoms with E-state index in [0.29, 0.717) is 11.2 Å². The standard InChI is InChI=1S/C21H18N2O3/c1-10-8-16(24)22-15-9-11(2-3-12(10)15)23-19(25)17-13-4-5-14(18(17)20(23)26)21(13)6-7-21/h2-5,8-9,13-14,25-26H,6-7H2,1H3,(H,22,24). The maximum atomic E-state index is 11.8. The number of rotatable bonds is 1. The van der Waals surface area contributed by atoms with E-state index in [-0.39, 0.29) is 34.6 Å². The number of hydrogen-bond acceptors (Lipinski definition) is 3. The van der Waals surface area contributed by atoms with Crippen LogP contribution in [0.4, 0.5) is 0 Å². The summed E-state index contributed by atoms with van der Waals surface area (Å²) in [7, 11) is 0. The van der Waals surface area contributed by atoms with Crippen LogP contribution in [0.15, 0.2) is 41.2 Å². The minimum absolute atomic E-state index is 0.120. The summed E-state index contributed by atoms with van der Waals surface area (Å²) in [5, 5.41) is 22.8. The summed E-state index contributed by atoms with van der Waals surface area (Å²) in [6.07, 6.45) is 6.67. The normalized spacial score (nSPS) is 23.9. The Morgan fingerprint density at radius 3 is 2.35 bits per heavy atom. The first-order valence-electron chi connectivity index (χ1n) is 9.00. The van der Waals surface area contributed by atoms with Crippen LogP contribution < -0.4 is 5.56 Å². The maximum Gasteiger partial charge on any atom is 0.248 e. The lowest BCUT2D eigenvalue weighted by molar-refractivity contribution is 0.381. The van der Waals surface area contributed by atoms with Crippen LogP contribution >= 0.6 is 0 Å². The van der Waals surface area contributed by atoms with Gasteiger partial charge in [0.1, 0.15) is 0 Å². The van der Waals surface area contributed by atoms with Gasteiger partial charge in [0.15, 0.2) is 0 Å². The number of aromatic hydroxyl groups is 2. The van der Waals surface area contributed by atoms with Crippen LogP contribution in [0.25, 0.3) is 16.6 Å². The Labute approximate surface area is 149 Å². The van der Waals surface area contributed by atoms with Gasteiger partial charge >= 0.3 is 0 Å². The number of aromatic amines is 1. The van der Waals surface area contributed by atoms with Gasteiger partial charge in [-0.15, -0.1) is 0 Å². The second-order valence-electron chi connectivity index (χ2n) is 7.93. The monoisotopic (exact) mass is 346 g/mol. The molecule has 3 N–H and O–H groups in total. The number of hydrogen-bond donors (Lipinski definition) is 3. The Hall–Kier alpha value is -2.95. The van der Waals surface area contributed by atoms with Crippen molar-refractivity contribution >= 4 is 10.9 Å². The Morgan fingerprint density at radius 1 is 1.08 bits per heavy atom. The molecule has 2 heterocycles. The van der Waals surface area contributed by atoms with Gasteiger partial charge in [-0.2, -0.15) is 0 Å². The van der Waals surface area contributed by atoms with Crippen LogP contribution in [-0.4, -0.2) is 19.8 Å². The third kappa shape index (κ3) is 1.46. The summed E-state index contributed by atoms with van der Waals surface area (Å²) in [6, 6.07) is 7.15. The highest BCUT2D eigenvalue weighted by Crippen LogP contribution is 2.76. The molecule has 0 radical (unpaired) electrons. The van der Waals surface area contributed by atoms with E-state index in [0.717, 1.165) is 34.9 Å². The molecule has 1 fully saturated rings. The van der Waals surface area contributed by atoms with Crippen LogP contribution in [0.1, 0.15) is 41.4 Å². The largest absolute Gasteiger partial charge is 0.494 e. The Morgan fingerprint density at radius 2 is 1.73 bits per heavy atom. The van der Waals surface area contributed by atoms with E-state index >= 15 is 0 Å². The molecule has 5 heteroatoms. The van der Waals surface area contributed by atoms with Crippen molar-refractivity contribution in [1.29, 1.82) is 0 Å².